The maximum Gasteiger partial charge on any atom is 0.347 e. The highest BCUT2D eigenvalue weighted by Gasteiger charge is 2.30. The average Bonchev–Trinajstić information content (AvgIpc) is 3.06. The molecule has 0 amide bonds. The number of para-hydroxylation sites is 1. The van der Waals surface area contributed by atoms with E-state index in [4.69, 9.17) is 9.47 Å². The van der Waals surface area contributed by atoms with Gasteiger partial charge in [-0.2, -0.15) is 5.10 Å². The molecule has 3 rings (SSSR count). The topological polar surface area (TPSA) is 70.4 Å². The lowest BCUT2D eigenvalue weighted by Gasteiger charge is -2.09. The summed E-state index contributed by atoms with van der Waals surface area (Å²) in [5, 5.41) is 4.50. The van der Waals surface area contributed by atoms with Gasteiger partial charge in [-0.1, -0.05) is 18.2 Å². The number of nitrogens with zero attached hydrogens (tertiary/aromatic N) is 2. The standard InChI is InChI=1S/C17H18N2O4/c1-11-14(10-16(20)23-15-8-9-22-17(15)21)12(2)19(18-11)13-6-4-3-5-7-13/h3-7,15H,8-10H2,1-2H3/t15-/m1/s1. The third-order valence-corrected chi connectivity index (χ3v) is 3.92. The van der Waals surface area contributed by atoms with Crippen LogP contribution in [0.1, 0.15) is 23.4 Å². The van der Waals surface area contributed by atoms with E-state index in [1.807, 2.05) is 48.9 Å². The first kappa shape index (κ1) is 15.3. The lowest BCUT2D eigenvalue weighted by Crippen LogP contribution is -2.23. The number of carbonyl (C=O) groups excluding carboxylic acids is 2. The molecule has 0 radical (unpaired) electrons. The van der Waals surface area contributed by atoms with Gasteiger partial charge in [0.15, 0.2) is 0 Å². The van der Waals surface area contributed by atoms with E-state index in [0.717, 1.165) is 22.6 Å². The Balaban J connectivity index is 1.77. The van der Waals surface area contributed by atoms with Crippen molar-refractivity contribution in [1.82, 2.24) is 9.78 Å². The number of esters is 2. The van der Waals surface area contributed by atoms with E-state index < -0.39 is 18.0 Å². The summed E-state index contributed by atoms with van der Waals surface area (Å²) in [5.74, 6) is -0.903. The molecule has 0 spiro atoms. The average molecular weight is 314 g/mol. The molecule has 0 bridgehead atoms. The molecule has 1 fully saturated rings. The molecule has 1 aliphatic rings. The Hall–Kier alpha value is -2.63. The van der Waals surface area contributed by atoms with Gasteiger partial charge in [-0.3, -0.25) is 4.79 Å². The molecule has 0 unspecified atom stereocenters. The quantitative estimate of drug-likeness (QED) is 0.806. The maximum atomic E-state index is 12.1. The zero-order valence-electron chi connectivity index (χ0n) is 13.1. The molecule has 6 nitrogen and oxygen atoms in total. The summed E-state index contributed by atoms with van der Waals surface area (Å²) in [6.07, 6.45) is -0.257. The molecule has 1 aromatic carbocycles. The number of ether oxygens (including phenoxy) is 2. The van der Waals surface area contributed by atoms with Gasteiger partial charge < -0.3 is 9.47 Å². The normalized spacial score (nSPS) is 17.1. The molecule has 2 aromatic rings. The summed E-state index contributed by atoms with van der Waals surface area (Å²) in [4.78, 5) is 23.5. The molecule has 0 saturated carbocycles. The van der Waals surface area contributed by atoms with Gasteiger partial charge in [-0.25, -0.2) is 9.48 Å². The van der Waals surface area contributed by atoms with Gasteiger partial charge in [0.25, 0.3) is 0 Å². The fourth-order valence-electron chi connectivity index (χ4n) is 2.68. The Morgan fingerprint density at radius 3 is 2.74 bits per heavy atom. The largest absolute Gasteiger partial charge is 0.463 e. The summed E-state index contributed by atoms with van der Waals surface area (Å²) >= 11 is 0. The van der Waals surface area contributed by atoms with E-state index in [0.29, 0.717) is 13.0 Å². The van der Waals surface area contributed by atoms with E-state index in [1.165, 1.54) is 0 Å². The first-order valence-corrected chi connectivity index (χ1v) is 7.53. The Kier molecular flexibility index (Phi) is 4.14. The van der Waals surface area contributed by atoms with Crippen molar-refractivity contribution in [2.75, 3.05) is 6.61 Å². The van der Waals surface area contributed by atoms with Crippen LogP contribution in [0.5, 0.6) is 0 Å². The minimum absolute atomic E-state index is 0.0915. The van der Waals surface area contributed by atoms with Crippen molar-refractivity contribution in [3.63, 3.8) is 0 Å². The first-order chi connectivity index (χ1) is 11.1. The van der Waals surface area contributed by atoms with Gasteiger partial charge in [0, 0.05) is 17.7 Å². The van der Waals surface area contributed by atoms with E-state index in [2.05, 4.69) is 5.10 Å². The van der Waals surface area contributed by atoms with E-state index >= 15 is 0 Å². The molecule has 1 saturated heterocycles. The van der Waals surface area contributed by atoms with Crippen molar-refractivity contribution in [2.45, 2.75) is 32.8 Å². The van der Waals surface area contributed by atoms with E-state index in [9.17, 15) is 9.59 Å². The number of carbonyl (C=O) groups is 2. The lowest BCUT2D eigenvalue weighted by molar-refractivity contribution is -0.159. The molecule has 0 N–H and O–H groups in total. The highest BCUT2D eigenvalue weighted by molar-refractivity contribution is 5.81. The Morgan fingerprint density at radius 2 is 2.09 bits per heavy atom. The number of aryl methyl sites for hydroxylation is 1. The second-order valence-electron chi connectivity index (χ2n) is 5.51. The van der Waals surface area contributed by atoms with E-state index in [-0.39, 0.29) is 6.42 Å². The van der Waals surface area contributed by atoms with E-state index in [1.54, 1.807) is 0 Å². The van der Waals surface area contributed by atoms with Crippen molar-refractivity contribution >= 4 is 11.9 Å². The zero-order chi connectivity index (χ0) is 16.4. The smallest absolute Gasteiger partial charge is 0.347 e. The molecule has 2 heterocycles. The monoisotopic (exact) mass is 314 g/mol. The summed E-state index contributed by atoms with van der Waals surface area (Å²) in [6.45, 7) is 4.08. The third kappa shape index (κ3) is 3.11. The van der Waals surface area contributed by atoms with Crippen LogP contribution in [-0.4, -0.2) is 34.4 Å². The van der Waals surface area contributed by atoms with Crippen LogP contribution in [0.25, 0.3) is 5.69 Å². The molecular formula is C17H18N2O4. The van der Waals surface area contributed by atoms with Crippen LogP contribution in [0, 0.1) is 13.8 Å². The fourth-order valence-corrected chi connectivity index (χ4v) is 2.68. The van der Waals surface area contributed by atoms with Crippen LogP contribution in [0.15, 0.2) is 30.3 Å². The summed E-state index contributed by atoms with van der Waals surface area (Å²) in [7, 11) is 0. The summed E-state index contributed by atoms with van der Waals surface area (Å²) < 4.78 is 11.8. The van der Waals surface area contributed by atoms with Gasteiger partial charge in [0.2, 0.25) is 6.10 Å². The van der Waals surface area contributed by atoms with Crippen LogP contribution in [0.2, 0.25) is 0 Å². The Morgan fingerprint density at radius 1 is 1.35 bits per heavy atom. The van der Waals surface area contributed by atoms with Gasteiger partial charge in [0.05, 0.1) is 24.4 Å². The molecule has 1 aromatic heterocycles. The van der Waals surface area contributed by atoms with Crippen molar-refractivity contribution in [2.24, 2.45) is 0 Å². The molecular weight excluding hydrogens is 296 g/mol. The number of benzene rings is 1. The van der Waals surface area contributed by atoms with Crippen LogP contribution in [0.4, 0.5) is 0 Å². The predicted octanol–water partition coefficient (Wildman–Crippen LogP) is 1.89. The second-order valence-corrected chi connectivity index (χ2v) is 5.51. The van der Waals surface area contributed by atoms with Crippen LogP contribution >= 0.6 is 0 Å². The van der Waals surface area contributed by atoms with Crippen molar-refractivity contribution in [1.29, 1.82) is 0 Å². The second kappa shape index (κ2) is 6.24. The number of cyclic esters (lactones) is 1. The minimum Gasteiger partial charge on any atom is -0.463 e. The van der Waals surface area contributed by atoms with Crippen molar-refractivity contribution < 1.29 is 19.1 Å². The first-order valence-electron chi connectivity index (χ1n) is 7.53. The number of hydrogen-bond donors (Lipinski definition) is 0. The van der Waals surface area contributed by atoms with Crippen LogP contribution in [-0.2, 0) is 25.5 Å². The lowest BCUT2D eigenvalue weighted by atomic mass is 10.1. The molecule has 1 aliphatic heterocycles. The highest BCUT2D eigenvalue weighted by atomic mass is 16.6. The maximum absolute atomic E-state index is 12.1. The summed E-state index contributed by atoms with van der Waals surface area (Å²) in [6, 6.07) is 9.72. The SMILES string of the molecule is Cc1nn(-c2ccccc2)c(C)c1CC(=O)O[C@@H]1CCOC1=O. The zero-order valence-corrected chi connectivity index (χ0v) is 13.1. The molecule has 0 aliphatic carbocycles. The van der Waals surface area contributed by atoms with Gasteiger partial charge in [-0.05, 0) is 26.0 Å². The fraction of sp³-hybridized carbons (Fsp3) is 0.353. The molecule has 6 heteroatoms. The minimum atomic E-state index is -0.771. The Labute approximate surface area is 134 Å². The molecule has 23 heavy (non-hydrogen) atoms. The molecule has 120 valence electrons. The number of rotatable bonds is 4. The van der Waals surface area contributed by atoms with Crippen molar-refractivity contribution in [3.05, 3.63) is 47.3 Å². The highest BCUT2D eigenvalue weighted by Crippen LogP contribution is 2.19. The third-order valence-electron chi connectivity index (χ3n) is 3.92. The van der Waals surface area contributed by atoms with Gasteiger partial charge >= 0.3 is 11.9 Å². The van der Waals surface area contributed by atoms with Crippen LogP contribution in [0.3, 0.4) is 0 Å². The number of hydrogen-bond acceptors (Lipinski definition) is 5. The van der Waals surface area contributed by atoms with Gasteiger partial charge in [-0.15, -0.1) is 0 Å². The predicted molar refractivity (Wildman–Crippen MR) is 82.2 cm³/mol. The molecule has 1 atom stereocenters. The summed E-state index contributed by atoms with van der Waals surface area (Å²) in [5.41, 5.74) is 3.43. The Bertz CT molecular complexity index is 737. The van der Waals surface area contributed by atoms with Crippen molar-refractivity contribution in [3.8, 4) is 5.69 Å². The van der Waals surface area contributed by atoms with Gasteiger partial charge in [0.1, 0.15) is 0 Å². The van der Waals surface area contributed by atoms with Crippen LogP contribution < -0.4 is 0 Å². The number of aromatic nitrogens is 2.